The molecular formula is C78H123ClF3N13O15. The summed E-state index contributed by atoms with van der Waals surface area (Å²) in [7, 11) is 10.1. The van der Waals surface area contributed by atoms with E-state index in [0.717, 1.165) is 86.1 Å². The number of hydrogen-bond acceptors (Lipinski definition) is 15. The van der Waals surface area contributed by atoms with Crippen LogP contribution in [0.15, 0.2) is 30.9 Å². The zero-order valence-corrected chi connectivity index (χ0v) is 67.5. The van der Waals surface area contributed by atoms with Gasteiger partial charge >= 0.3 is 12.3 Å². The maximum Gasteiger partial charge on any atom is 0.417 e. The van der Waals surface area contributed by atoms with Crippen LogP contribution in [0.1, 0.15) is 187 Å². The van der Waals surface area contributed by atoms with E-state index >= 15 is 19.2 Å². The minimum atomic E-state index is -4.81. The number of carbonyl (C=O) groups is 13. The van der Waals surface area contributed by atoms with E-state index in [1.807, 2.05) is 27.7 Å². The van der Waals surface area contributed by atoms with E-state index in [1.165, 1.54) is 90.9 Å². The first-order valence-corrected chi connectivity index (χ1v) is 39.5. The van der Waals surface area contributed by atoms with Crippen molar-refractivity contribution in [3.63, 3.8) is 0 Å². The van der Waals surface area contributed by atoms with E-state index in [9.17, 15) is 56.3 Å². The number of nitrogens with two attached hydrogens (primary N) is 1. The number of ether oxygens (including phenoxy) is 2. The Morgan fingerprint density at radius 1 is 0.673 bits per heavy atom. The number of piperidine rings is 1. The molecule has 3 saturated carbocycles. The summed E-state index contributed by atoms with van der Waals surface area (Å²) >= 11 is 6.20. The number of benzene rings is 1. The Labute approximate surface area is 652 Å². The lowest BCUT2D eigenvalue weighted by Crippen LogP contribution is -2.64. The van der Waals surface area contributed by atoms with Gasteiger partial charge in [-0.2, -0.15) is 13.2 Å². The molecular weight excluding hydrogens is 1450 g/mol. The van der Waals surface area contributed by atoms with Gasteiger partial charge in [0.05, 0.1) is 56.4 Å². The fourth-order valence-electron chi connectivity index (χ4n) is 15.1. The first-order valence-electron chi connectivity index (χ1n) is 39.2. The molecule has 0 bridgehead atoms. The number of likely N-dealkylation sites (N-methyl/N-ethyl adjacent to an activating group) is 7. The zero-order chi connectivity index (χ0) is 81.7. The lowest BCUT2D eigenvalue weighted by Gasteiger charge is -2.43. The van der Waals surface area contributed by atoms with Crippen LogP contribution in [0.2, 0.25) is 5.02 Å². The van der Waals surface area contributed by atoms with E-state index in [1.54, 1.807) is 4.90 Å². The summed E-state index contributed by atoms with van der Waals surface area (Å²) in [6.45, 7) is 8.80. The number of nitrogens with one attached hydrogen (secondary N) is 3. The van der Waals surface area contributed by atoms with Crippen LogP contribution in [0.3, 0.4) is 0 Å². The van der Waals surface area contributed by atoms with Crippen molar-refractivity contribution in [2.45, 2.75) is 224 Å². The summed E-state index contributed by atoms with van der Waals surface area (Å²) in [5.41, 5.74) is 3.26. The first-order chi connectivity index (χ1) is 51.9. The number of alkyl halides is 3. The zero-order valence-electron chi connectivity index (χ0n) is 66.7. The van der Waals surface area contributed by atoms with Crippen LogP contribution in [-0.2, 0) is 79.6 Å². The molecule has 32 heteroatoms. The van der Waals surface area contributed by atoms with Gasteiger partial charge in [0.15, 0.2) is 0 Å². The quantitative estimate of drug-likeness (QED) is 0.0398. The Hall–Kier alpha value is -8.09. The predicted octanol–water partition coefficient (Wildman–Crippen LogP) is 6.57. The van der Waals surface area contributed by atoms with Crippen molar-refractivity contribution in [2.75, 3.05) is 122 Å². The number of likely N-dealkylation sites (tertiary alicyclic amines) is 1. The van der Waals surface area contributed by atoms with Crippen molar-refractivity contribution in [3.8, 4) is 0 Å². The van der Waals surface area contributed by atoms with E-state index in [-0.39, 0.29) is 114 Å². The Kier molecular flexibility index (Phi) is 37.7. The van der Waals surface area contributed by atoms with Crippen LogP contribution in [0, 0.1) is 23.7 Å². The molecule has 28 nitrogen and oxygen atoms in total. The second-order valence-corrected chi connectivity index (χ2v) is 31.4. The molecule has 1 aromatic rings. The number of amides is 13. The van der Waals surface area contributed by atoms with Crippen molar-refractivity contribution in [2.24, 2.45) is 29.4 Å². The SMILES string of the molecule is C=CCOC(=O)NCCOCCN(CC(=O)NC1(C(=O)N(C)[C@H](C(=O)N(C)[C@@H](CC(=O)N(C)[C@@H](CC(C)C)C(N)=O)C(=O)N2CCCCC2)C2CCCCC2)CCCC1)C(=O)[C@@H](CCc1ccc(C(F)(F)F)c(Cl)c1)NC(=O)CN(C)C(=O)[C@@H](CC1CCCCC1)N(C)C(=O)CN(C)C(=O)CN(C)C(=O)C[C@@H](C)CC. The summed E-state index contributed by atoms with van der Waals surface area (Å²) in [4.78, 5) is 197. The van der Waals surface area contributed by atoms with Crippen molar-refractivity contribution in [1.29, 1.82) is 0 Å². The Balaban J connectivity index is 1.49. The maximum atomic E-state index is 15.7. The van der Waals surface area contributed by atoms with Gasteiger partial charge in [0.1, 0.15) is 42.4 Å². The lowest BCUT2D eigenvalue weighted by atomic mass is 9.81. The van der Waals surface area contributed by atoms with Crippen LogP contribution < -0.4 is 21.7 Å². The number of aryl methyl sites for hydroxylation is 1. The molecule has 110 heavy (non-hydrogen) atoms. The summed E-state index contributed by atoms with van der Waals surface area (Å²) in [6, 6.07) is -3.26. The monoisotopic (exact) mass is 1570 g/mol. The number of nitrogens with zero attached hydrogens (tertiary/aromatic N) is 9. The summed E-state index contributed by atoms with van der Waals surface area (Å²) in [6.07, 6.45) is 7.30. The van der Waals surface area contributed by atoms with E-state index < -0.39 is 156 Å². The third-order valence-corrected chi connectivity index (χ3v) is 22.4. The van der Waals surface area contributed by atoms with Crippen molar-refractivity contribution >= 4 is 88.6 Å². The molecule has 0 unspecified atom stereocenters. The van der Waals surface area contributed by atoms with Gasteiger partial charge in [-0.05, 0) is 112 Å². The topological polar surface area (TPSA) is 332 Å². The smallest absolute Gasteiger partial charge is 0.417 e. The van der Waals surface area contributed by atoms with Gasteiger partial charge in [-0.15, -0.1) is 0 Å². The standard InChI is InChI=1S/C78H123ClF3N13O15/c1-13-40-110-76(108)84-36-41-109-42-39-95(49-64(97)86-77(34-22-23-35-77)75(107)93(12)69(56-28-20-16-21-29-56)74(106)92(11)62(73(105)94-37-24-17-25-38-94)47-66(99)90(9)60(70(83)102)43-52(3)4)71(103)59(33-31-55-30-32-57(58(79)45-55)78(80,81)82)85-63(96)48-89(8)72(104)61(46-54-26-18-15-19-27-54)91(10)68(101)51-88(7)67(100)50-87(6)65(98)44-53(5)14-2/h13,30,32,45,52-54,56,59-62,69H,1,14-29,31,33-44,46-51H2,2-12H3,(H2,83,102)(H,84,108)(H,85,96)(H,86,97)/t53-,59+,60-,61+,62-,69-/m0/s1. The number of halogens is 4. The highest BCUT2D eigenvalue weighted by Gasteiger charge is 2.50. The van der Waals surface area contributed by atoms with E-state index in [4.69, 9.17) is 26.8 Å². The number of alkyl carbamates (subject to hydrolysis) is 1. The van der Waals surface area contributed by atoms with Crippen LogP contribution in [0.5, 0.6) is 0 Å². The number of hydrogen-bond donors (Lipinski definition) is 4. The molecule has 1 saturated heterocycles. The van der Waals surface area contributed by atoms with Gasteiger partial charge in [-0.3, -0.25) is 57.5 Å². The molecule has 4 aliphatic rings. The summed E-state index contributed by atoms with van der Waals surface area (Å²) in [5, 5.41) is 7.56. The minimum absolute atomic E-state index is 0.0124. The molecule has 0 aromatic heterocycles. The molecule has 3 aliphatic carbocycles. The van der Waals surface area contributed by atoms with Crippen molar-refractivity contribution in [1.82, 2.24) is 60.0 Å². The highest BCUT2D eigenvalue weighted by Crippen LogP contribution is 2.38. The van der Waals surface area contributed by atoms with Crippen molar-refractivity contribution in [3.05, 3.63) is 47.0 Å². The van der Waals surface area contributed by atoms with Crippen LogP contribution in [0.4, 0.5) is 18.0 Å². The minimum Gasteiger partial charge on any atom is -0.445 e. The van der Waals surface area contributed by atoms with Crippen LogP contribution >= 0.6 is 11.6 Å². The second kappa shape index (κ2) is 44.8. The molecule has 0 radical (unpaired) electrons. The summed E-state index contributed by atoms with van der Waals surface area (Å²) in [5.74, 6) is -8.01. The van der Waals surface area contributed by atoms with Gasteiger partial charge in [-0.1, -0.05) is 129 Å². The largest absolute Gasteiger partial charge is 0.445 e. The maximum absolute atomic E-state index is 15.7. The van der Waals surface area contributed by atoms with Crippen LogP contribution in [0.25, 0.3) is 0 Å². The Morgan fingerprint density at radius 2 is 1.27 bits per heavy atom. The highest BCUT2D eigenvalue weighted by atomic mass is 35.5. The predicted molar refractivity (Wildman–Crippen MR) is 408 cm³/mol. The Bertz CT molecular complexity index is 3310. The van der Waals surface area contributed by atoms with Gasteiger partial charge in [-0.25, -0.2) is 4.79 Å². The fraction of sp³-hybridized carbons (Fsp3) is 0.731. The molecule has 6 atom stereocenters. The van der Waals surface area contributed by atoms with Gasteiger partial charge in [0.2, 0.25) is 70.9 Å². The molecule has 1 aromatic carbocycles. The molecule has 13 amide bonds. The third-order valence-electron chi connectivity index (χ3n) is 22.0. The normalized spacial score (nSPS) is 17.0. The van der Waals surface area contributed by atoms with E-state index in [0.29, 0.717) is 51.6 Å². The third kappa shape index (κ3) is 28.0. The molecule has 5 N–H and O–H groups in total. The Morgan fingerprint density at radius 3 is 1.86 bits per heavy atom. The molecule has 618 valence electrons. The van der Waals surface area contributed by atoms with Gasteiger partial charge < -0.3 is 75.3 Å². The molecule has 4 fully saturated rings. The fourth-order valence-corrected chi connectivity index (χ4v) is 15.5. The lowest BCUT2D eigenvalue weighted by molar-refractivity contribution is -0.157. The molecule has 0 spiro atoms. The average molecular weight is 1580 g/mol. The molecule has 1 heterocycles. The van der Waals surface area contributed by atoms with E-state index in [2.05, 4.69) is 22.5 Å². The van der Waals surface area contributed by atoms with Crippen LogP contribution in [-0.4, -0.2) is 278 Å². The van der Waals surface area contributed by atoms with Gasteiger partial charge in [0, 0.05) is 81.9 Å². The average Bonchev–Trinajstić information content (AvgIpc) is 1.39. The first kappa shape index (κ1) is 92.5. The number of primary amides is 1. The number of rotatable bonds is 41. The molecule has 1 aliphatic heterocycles. The second-order valence-electron chi connectivity index (χ2n) is 31.0. The van der Waals surface area contributed by atoms with Gasteiger partial charge in [0.25, 0.3) is 0 Å². The molecule has 5 rings (SSSR count). The highest BCUT2D eigenvalue weighted by molar-refractivity contribution is 6.31. The van der Waals surface area contributed by atoms with Crippen molar-refractivity contribution < 1.29 is 85.0 Å². The number of carbonyl (C=O) groups excluding carboxylic acids is 13. The summed E-state index contributed by atoms with van der Waals surface area (Å²) < 4.78 is 52.9.